The van der Waals surface area contributed by atoms with Crippen molar-refractivity contribution in [1.82, 2.24) is 4.90 Å². The number of halogens is 3. The fourth-order valence-corrected chi connectivity index (χ4v) is 2.49. The predicted molar refractivity (Wildman–Crippen MR) is 80.6 cm³/mol. The summed E-state index contributed by atoms with van der Waals surface area (Å²) in [6.45, 7) is 2.56. The summed E-state index contributed by atoms with van der Waals surface area (Å²) in [6.07, 6.45) is -4.62. The van der Waals surface area contributed by atoms with E-state index in [2.05, 4.69) is 0 Å². The van der Waals surface area contributed by atoms with Crippen molar-refractivity contribution < 1.29 is 18.3 Å². The van der Waals surface area contributed by atoms with Crippen LogP contribution in [0.2, 0.25) is 0 Å². The van der Waals surface area contributed by atoms with Crippen LogP contribution in [0.3, 0.4) is 0 Å². The van der Waals surface area contributed by atoms with Crippen molar-refractivity contribution in [2.45, 2.75) is 13.1 Å². The molecule has 0 atom stereocenters. The molecule has 0 saturated carbocycles. The van der Waals surface area contributed by atoms with Crippen LogP contribution in [0, 0.1) is 0 Å². The van der Waals surface area contributed by atoms with E-state index in [4.69, 9.17) is 12.2 Å². The zero-order valence-electron chi connectivity index (χ0n) is 11.5. The van der Waals surface area contributed by atoms with Crippen LogP contribution in [0.1, 0.15) is 18.1 Å². The number of alkyl halides is 3. The van der Waals surface area contributed by atoms with Gasteiger partial charge in [0.2, 0.25) is 0 Å². The molecule has 0 unspecified atom stereocenters. The molecule has 0 aliphatic heterocycles. The number of thiocarbonyl (C=S) groups is 1. The SMILES string of the molecule is CCN(C)C(=S)c1cccc2c(C(F)(F)F)c(O)ccc12. The van der Waals surface area contributed by atoms with Crippen molar-refractivity contribution in [1.29, 1.82) is 0 Å². The van der Waals surface area contributed by atoms with Gasteiger partial charge in [-0.05, 0) is 29.8 Å². The Labute approximate surface area is 125 Å². The monoisotopic (exact) mass is 313 g/mol. The normalized spacial score (nSPS) is 11.7. The molecule has 0 aromatic heterocycles. The lowest BCUT2D eigenvalue weighted by Crippen LogP contribution is -2.25. The Hall–Kier alpha value is -1.82. The van der Waals surface area contributed by atoms with Crippen molar-refractivity contribution in [3.8, 4) is 5.75 Å². The third-order valence-corrected chi connectivity index (χ3v) is 3.91. The second-order valence-electron chi connectivity index (χ2n) is 4.68. The highest BCUT2D eigenvalue weighted by molar-refractivity contribution is 7.80. The standard InChI is InChI=1S/C15H14F3NOS/c1-3-19(2)14(21)11-6-4-5-10-9(11)7-8-12(20)13(10)15(16,17)18/h4-8,20H,3H2,1-2H3. The van der Waals surface area contributed by atoms with Gasteiger partial charge in [-0.1, -0.05) is 30.4 Å². The average Bonchev–Trinajstić information content (AvgIpc) is 2.43. The van der Waals surface area contributed by atoms with Crippen molar-refractivity contribution in [2.75, 3.05) is 13.6 Å². The molecule has 21 heavy (non-hydrogen) atoms. The summed E-state index contributed by atoms with van der Waals surface area (Å²) in [5.74, 6) is -0.776. The van der Waals surface area contributed by atoms with Crippen molar-refractivity contribution in [2.24, 2.45) is 0 Å². The molecule has 0 spiro atoms. The highest BCUT2D eigenvalue weighted by Gasteiger charge is 2.36. The number of phenolic OH excluding ortho intramolecular Hbond substituents is 1. The van der Waals surface area contributed by atoms with E-state index in [0.29, 0.717) is 22.5 Å². The molecule has 6 heteroatoms. The van der Waals surface area contributed by atoms with Crippen LogP contribution in [0.25, 0.3) is 10.8 Å². The van der Waals surface area contributed by atoms with Crippen LogP contribution in [-0.2, 0) is 6.18 Å². The maximum absolute atomic E-state index is 13.1. The average molecular weight is 313 g/mol. The second-order valence-corrected chi connectivity index (χ2v) is 5.06. The molecule has 0 aliphatic carbocycles. The number of benzene rings is 2. The van der Waals surface area contributed by atoms with Crippen LogP contribution in [0.4, 0.5) is 13.2 Å². The molecule has 112 valence electrons. The number of fused-ring (bicyclic) bond motifs is 1. The Bertz CT molecular complexity index is 697. The Morgan fingerprint density at radius 1 is 1.19 bits per heavy atom. The molecule has 0 saturated heterocycles. The van der Waals surface area contributed by atoms with Crippen LogP contribution < -0.4 is 0 Å². The summed E-state index contributed by atoms with van der Waals surface area (Å²) in [6, 6.07) is 7.07. The second kappa shape index (κ2) is 5.52. The summed E-state index contributed by atoms with van der Waals surface area (Å²) in [5, 5.41) is 9.90. The van der Waals surface area contributed by atoms with Gasteiger partial charge >= 0.3 is 6.18 Å². The van der Waals surface area contributed by atoms with Gasteiger partial charge in [-0.15, -0.1) is 0 Å². The summed E-state index contributed by atoms with van der Waals surface area (Å²) < 4.78 is 39.4. The Balaban J connectivity index is 2.76. The van der Waals surface area contributed by atoms with Gasteiger partial charge in [0.1, 0.15) is 16.3 Å². The molecule has 0 aliphatic rings. The number of hydrogen-bond acceptors (Lipinski definition) is 2. The van der Waals surface area contributed by atoms with Crippen LogP contribution in [-0.4, -0.2) is 28.6 Å². The molecule has 0 radical (unpaired) electrons. The first-order valence-corrected chi connectivity index (χ1v) is 6.75. The topological polar surface area (TPSA) is 23.5 Å². The predicted octanol–water partition coefficient (Wildman–Crippen LogP) is 4.19. The number of phenols is 1. The quantitative estimate of drug-likeness (QED) is 0.841. The van der Waals surface area contributed by atoms with E-state index >= 15 is 0 Å². The van der Waals surface area contributed by atoms with Crippen LogP contribution in [0.15, 0.2) is 30.3 Å². The van der Waals surface area contributed by atoms with Gasteiger partial charge in [0.25, 0.3) is 0 Å². The number of hydrogen-bond donors (Lipinski definition) is 1. The lowest BCUT2D eigenvalue weighted by Gasteiger charge is -2.20. The molecular formula is C15H14F3NOS. The Morgan fingerprint density at radius 2 is 1.86 bits per heavy atom. The van der Waals surface area contributed by atoms with Crippen molar-refractivity contribution in [3.05, 3.63) is 41.5 Å². The minimum Gasteiger partial charge on any atom is -0.507 e. The van der Waals surface area contributed by atoms with E-state index in [1.165, 1.54) is 18.2 Å². The summed E-state index contributed by atoms with van der Waals surface area (Å²) in [4.78, 5) is 2.26. The molecule has 0 amide bonds. The van der Waals surface area contributed by atoms with Gasteiger partial charge in [-0.25, -0.2) is 0 Å². The number of aromatic hydroxyl groups is 1. The minimum absolute atomic E-state index is 0.0492. The fourth-order valence-electron chi connectivity index (χ4n) is 2.18. The zero-order chi connectivity index (χ0) is 15.8. The van der Waals surface area contributed by atoms with Gasteiger partial charge in [0.15, 0.2) is 0 Å². The molecule has 2 rings (SSSR count). The molecule has 2 aromatic rings. The maximum Gasteiger partial charge on any atom is 0.420 e. The smallest absolute Gasteiger partial charge is 0.420 e. The molecule has 1 N–H and O–H groups in total. The summed E-state index contributed by atoms with van der Waals surface area (Å²) in [7, 11) is 1.78. The van der Waals surface area contributed by atoms with Gasteiger partial charge in [-0.2, -0.15) is 13.2 Å². The van der Waals surface area contributed by atoms with Crippen LogP contribution >= 0.6 is 12.2 Å². The zero-order valence-corrected chi connectivity index (χ0v) is 12.3. The van der Waals surface area contributed by atoms with E-state index in [1.54, 1.807) is 18.0 Å². The molecule has 0 bridgehead atoms. The highest BCUT2D eigenvalue weighted by Crippen LogP contribution is 2.41. The first-order valence-electron chi connectivity index (χ1n) is 6.34. The highest BCUT2D eigenvalue weighted by atomic mass is 32.1. The largest absolute Gasteiger partial charge is 0.507 e. The molecule has 2 nitrogen and oxygen atoms in total. The first kappa shape index (κ1) is 15.6. The summed E-state index contributed by atoms with van der Waals surface area (Å²) in [5.41, 5.74) is -0.471. The van der Waals surface area contributed by atoms with Gasteiger partial charge in [0, 0.05) is 19.2 Å². The first-order chi connectivity index (χ1) is 9.77. The number of nitrogens with zero attached hydrogens (tertiary/aromatic N) is 1. The summed E-state index contributed by atoms with van der Waals surface area (Å²) >= 11 is 5.32. The lowest BCUT2D eigenvalue weighted by atomic mass is 9.98. The van der Waals surface area contributed by atoms with Crippen molar-refractivity contribution in [3.63, 3.8) is 0 Å². The van der Waals surface area contributed by atoms with Gasteiger partial charge in [0.05, 0.1) is 0 Å². The maximum atomic E-state index is 13.1. The fraction of sp³-hybridized carbons (Fsp3) is 0.267. The van der Waals surface area contributed by atoms with E-state index in [1.807, 2.05) is 6.92 Å². The van der Waals surface area contributed by atoms with Crippen molar-refractivity contribution >= 4 is 28.0 Å². The van der Waals surface area contributed by atoms with E-state index in [0.717, 1.165) is 6.07 Å². The van der Waals surface area contributed by atoms with Crippen LogP contribution in [0.5, 0.6) is 5.75 Å². The Morgan fingerprint density at radius 3 is 2.43 bits per heavy atom. The lowest BCUT2D eigenvalue weighted by molar-refractivity contribution is -0.137. The third kappa shape index (κ3) is 2.81. The van der Waals surface area contributed by atoms with Gasteiger partial charge < -0.3 is 10.0 Å². The van der Waals surface area contributed by atoms with E-state index < -0.39 is 17.5 Å². The van der Waals surface area contributed by atoms with E-state index in [9.17, 15) is 18.3 Å². The van der Waals surface area contributed by atoms with E-state index in [-0.39, 0.29) is 5.39 Å². The molecular weight excluding hydrogens is 299 g/mol. The van der Waals surface area contributed by atoms with Gasteiger partial charge in [-0.3, -0.25) is 0 Å². The number of rotatable bonds is 2. The third-order valence-electron chi connectivity index (χ3n) is 3.37. The molecule has 0 fully saturated rings. The molecule has 0 heterocycles. The Kier molecular flexibility index (Phi) is 4.09. The molecule has 2 aromatic carbocycles. The minimum atomic E-state index is -4.62.